The van der Waals surface area contributed by atoms with Gasteiger partial charge in [0.2, 0.25) is 5.91 Å². The topological polar surface area (TPSA) is 41.1 Å². The van der Waals surface area contributed by atoms with E-state index in [9.17, 15) is 4.79 Å². The Morgan fingerprint density at radius 1 is 1.10 bits per heavy atom. The number of hydrogen-bond donors (Lipinski definition) is 2. The first-order chi connectivity index (χ1) is 10.2. The van der Waals surface area contributed by atoms with E-state index in [-0.39, 0.29) is 11.9 Å². The first-order valence-corrected chi connectivity index (χ1v) is 8.35. The van der Waals surface area contributed by atoms with Crippen LogP contribution in [0.25, 0.3) is 0 Å². The van der Waals surface area contributed by atoms with Crippen molar-refractivity contribution in [3.8, 4) is 0 Å². The standard InChI is InChI=1S/C18H26N2O/c1-13-7-5-6-10-16(13)20-17(14-8-3-2-4-9-14)18(21)19-15-11-12-15/h2-4,8-9,13,15-17,20H,5-7,10-12H2,1H3,(H,19,21)/t13-,16+,17+/m1/s1. The third-order valence-corrected chi connectivity index (χ3v) is 4.81. The lowest BCUT2D eigenvalue weighted by Gasteiger charge is -2.33. The summed E-state index contributed by atoms with van der Waals surface area (Å²) in [6.45, 7) is 2.30. The van der Waals surface area contributed by atoms with Crippen LogP contribution in [0.1, 0.15) is 57.1 Å². The lowest BCUT2D eigenvalue weighted by Crippen LogP contribution is -2.46. The summed E-state index contributed by atoms with van der Waals surface area (Å²) in [5, 5.41) is 6.80. The lowest BCUT2D eigenvalue weighted by molar-refractivity contribution is -0.123. The van der Waals surface area contributed by atoms with E-state index >= 15 is 0 Å². The molecule has 3 rings (SSSR count). The Balaban J connectivity index is 1.73. The van der Waals surface area contributed by atoms with Crippen molar-refractivity contribution in [2.75, 3.05) is 0 Å². The molecule has 0 heterocycles. The minimum Gasteiger partial charge on any atom is -0.352 e. The van der Waals surface area contributed by atoms with Crippen LogP contribution >= 0.6 is 0 Å². The average molecular weight is 286 g/mol. The van der Waals surface area contributed by atoms with Crippen molar-refractivity contribution < 1.29 is 4.79 Å². The second-order valence-corrected chi connectivity index (χ2v) is 6.66. The van der Waals surface area contributed by atoms with Gasteiger partial charge in [0, 0.05) is 12.1 Å². The van der Waals surface area contributed by atoms with E-state index < -0.39 is 0 Å². The maximum atomic E-state index is 12.6. The van der Waals surface area contributed by atoms with Gasteiger partial charge in [-0.2, -0.15) is 0 Å². The molecule has 3 nitrogen and oxygen atoms in total. The molecule has 1 amide bonds. The molecule has 0 radical (unpaired) electrons. The highest BCUT2D eigenvalue weighted by atomic mass is 16.2. The summed E-state index contributed by atoms with van der Waals surface area (Å²) >= 11 is 0. The van der Waals surface area contributed by atoms with Crippen LogP contribution in [0, 0.1) is 5.92 Å². The summed E-state index contributed by atoms with van der Waals surface area (Å²) in [6.07, 6.45) is 7.31. The summed E-state index contributed by atoms with van der Waals surface area (Å²) in [7, 11) is 0. The molecule has 0 unspecified atom stereocenters. The van der Waals surface area contributed by atoms with E-state index in [1.54, 1.807) is 0 Å². The average Bonchev–Trinajstić information content (AvgIpc) is 3.31. The van der Waals surface area contributed by atoms with Gasteiger partial charge in [0.15, 0.2) is 0 Å². The molecule has 2 aliphatic carbocycles. The molecule has 3 atom stereocenters. The highest BCUT2D eigenvalue weighted by Crippen LogP contribution is 2.27. The van der Waals surface area contributed by atoms with Crippen molar-refractivity contribution >= 4 is 5.91 Å². The van der Waals surface area contributed by atoms with Gasteiger partial charge in [-0.3, -0.25) is 10.1 Å². The Labute approximate surface area is 127 Å². The van der Waals surface area contributed by atoms with E-state index in [0.29, 0.717) is 18.0 Å². The smallest absolute Gasteiger partial charge is 0.241 e. The largest absolute Gasteiger partial charge is 0.352 e. The number of hydrogen-bond acceptors (Lipinski definition) is 2. The molecule has 0 aliphatic heterocycles. The lowest BCUT2D eigenvalue weighted by atomic mass is 9.85. The molecular weight excluding hydrogens is 260 g/mol. The van der Waals surface area contributed by atoms with Crippen LogP contribution in [-0.2, 0) is 4.79 Å². The van der Waals surface area contributed by atoms with Crippen molar-refractivity contribution in [3.05, 3.63) is 35.9 Å². The van der Waals surface area contributed by atoms with E-state index in [1.807, 2.05) is 18.2 Å². The first-order valence-electron chi connectivity index (χ1n) is 8.35. The monoisotopic (exact) mass is 286 g/mol. The van der Waals surface area contributed by atoms with E-state index in [0.717, 1.165) is 18.4 Å². The Morgan fingerprint density at radius 2 is 1.81 bits per heavy atom. The quantitative estimate of drug-likeness (QED) is 0.873. The van der Waals surface area contributed by atoms with E-state index in [4.69, 9.17) is 0 Å². The molecule has 0 bridgehead atoms. The maximum absolute atomic E-state index is 12.6. The molecule has 2 fully saturated rings. The van der Waals surface area contributed by atoms with E-state index in [1.165, 1.54) is 25.7 Å². The van der Waals surface area contributed by atoms with Crippen LogP contribution < -0.4 is 10.6 Å². The SMILES string of the molecule is C[C@@H]1CCCC[C@@H]1N[C@H](C(=O)NC1CC1)c1ccccc1. The van der Waals surface area contributed by atoms with Gasteiger partial charge in [-0.25, -0.2) is 0 Å². The van der Waals surface area contributed by atoms with Crippen LogP contribution in [0.15, 0.2) is 30.3 Å². The fourth-order valence-corrected chi connectivity index (χ4v) is 3.26. The van der Waals surface area contributed by atoms with Gasteiger partial charge >= 0.3 is 0 Å². The molecular formula is C18H26N2O. The number of carbonyl (C=O) groups excluding carboxylic acids is 1. The Kier molecular flexibility index (Phi) is 4.59. The second-order valence-electron chi connectivity index (χ2n) is 6.66. The summed E-state index contributed by atoms with van der Waals surface area (Å²) in [5.41, 5.74) is 1.08. The van der Waals surface area contributed by atoms with Gasteiger partial charge < -0.3 is 5.32 Å². The Hall–Kier alpha value is -1.35. The van der Waals surface area contributed by atoms with Crippen molar-refractivity contribution in [3.63, 3.8) is 0 Å². The maximum Gasteiger partial charge on any atom is 0.241 e. The molecule has 0 spiro atoms. The molecule has 2 saturated carbocycles. The summed E-state index contributed by atoms with van der Waals surface area (Å²) in [4.78, 5) is 12.6. The molecule has 1 aromatic rings. The van der Waals surface area contributed by atoms with Gasteiger partial charge in [0.25, 0.3) is 0 Å². The molecule has 0 aromatic heterocycles. The summed E-state index contributed by atoms with van der Waals surface area (Å²) in [6, 6.07) is 10.8. The van der Waals surface area contributed by atoms with Crippen molar-refractivity contribution in [2.24, 2.45) is 5.92 Å². The zero-order chi connectivity index (χ0) is 14.7. The predicted molar refractivity (Wildman–Crippen MR) is 84.9 cm³/mol. The van der Waals surface area contributed by atoms with Crippen molar-refractivity contribution in [1.29, 1.82) is 0 Å². The van der Waals surface area contributed by atoms with Gasteiger partial charge in [0.05, 0.1) is 0 Å². The first kappa shape index (κ1) is 14.6. The normalized spacial score (nSPS) is 27.1. The van der Waals surface area contributed by atoms with Crippen LogP contribution in [0.2, 0.25) is 0 Å². The van der Waals surface area contributed by atoms with Gasteiger partial charge in [-0.1, -0.05) is 50.1 Å². The highest BCUT2D eigenvalue weighted by molar-refractivity contribution is 5.83. The molecule has 0 saturated heterocycles. The van der Waals surface area contributed by atoms with Crippen LogP contribution in [0.5, 0.6) is 0 Å². The minimum atomic E-state index is -0.211. The van der Waals surface area contributed by atoms with E-state index in [2.05, 4.69) is 29.7 Å². The van der Waals surface area contributed by atoms with Crippen LogP contribution in [0.4, 0.5) is 0 Å². The Bertz CT molecular complexity index is 469. The zero-order valence-electron chi connectivity index (χ0n) is 12.8. The fourth-order valence-electron chi connectivity index (χ4n) is 3.26. The minimum absolute atomic E-state index is 0.140. The molecule has 3 heteroatoms. The van der Waals surface area contributed by atoms with Crippen molar-refractivity contribution in [1.82, 2.24) is 10.6 Å². The molecule has 1 aromatic carbocycles. The van der Waals surface area contributed by atoms with Gasteiger partial charge in [-0.05, 0) is 37.2 Å². The number of amides is 1. The molecule has 2 aliphatic rings. The summed E-state index contributed by atoms with van der Waals surface area (Å²) in [5.74, 6) is 0.792. The van der Waals surface area contributed by atoms with Gasteiger partial charge in [0.1, 0.15) is 6.04 Å². The highest BCUT2D eigenvalue weighted by Gasteiger charge is 2.31. The predicted octanol–water partition coefficient (Wildman–Crippen LogP) is 3.17. The van der Waals surface area contributed by atoms with Crippen LogP contribution in [0.3, 0.4) is 0 Å². The van der Waals surface area contributed by atoms with Crippen LogP contribution in [-0.4, -0.2) is 18.0 Å². The molecule has 114 valence electrons. The molecule has 2 N–H and O–H groups in total. The second kappa shape index (κ2) is 6.61. The third kappa shape index (κ3) is 3.85. The molecule has 21 heavy (non-hydrogen) atoms. The number of nitrogens with one attached hydrogen (secondary N) is 2. The number of rotatable bonds is 5. The van der Waals surface area contributed by atoms with Gasteiger partial charge in [-0.15, -0.1) is 0 Å². The van der Waals surface area contributed by atoms with Crippen molar-refractivity contribution in [2.45, 2.75) is 63.6 Å². The third-order valence-electron chi connectivity index (χ3n) is 4.81. The fraction of sp³-hybridized carbons (Fsp3) is 0.611. The number of carbonyl (C=O) groups is 1. The Morgan fingerprint density at radius 3 is 2.48 bits per heavy atom. The zero-order valence-corrected chi connectivity index (χ0v) is 12.8. The summed E-state index contributed by atoms with van der Waals surface area (Å²) < 4.78 is 0. The number of benzene rings is 1.